The molecule has 0 aliphatic heterocycles. The maximum absolute atomic E-state index is 13.3. The van der Waals surface area contributed by atoms with Crippen LogP contribution in [0.4, 0.5) is 4.39 Å². The molecule has 1 atom stereocenters. The summed E-state index contributed by atoms with van der Waals surface area (Å²) in [7, 11) is -3.57. The third-order valence-electron chi connectivity index (χ3n) is 1.59. The molecule has 0 saturated heterocycles. The zero-order valence-electron chi connectivity index (χ0n) is 9.84. The maximum Gasteiger partial charge on any atom is 0.264 e. The van der Waals surface area contributed by atoms with Gasteiger partial charge in [-0.05, 0) is 12.5 Å². The molecule has 0 spiro atoms. The Hall–Kier alpha value is -0.980. The summed E-state index contributed by atoms with van der Waals surface area (Å²) in [5.41, 5.74) is 0.413. The van der Waals surface area contributed by atoms with Crippen LogP contribution < -0.4 is 0 Å². The van der Waals surface area contributed by atoms with Gasteiger partial charge in [-0.15, -0.1) is 0 Å². The van der Waals surface area contributed by atoms with Gasteiger partial charge in [-0.2, -0.15) is 8.42 Å². The first kappa shape index (κ1) is 16.0. The molecule has 4 nitrogen and oxygen atoms in total. The lowest BCUT2D eigenvalue weighted by molar-refractivity contribution is 0.204. The molecule has 0 aliphatic carbocycles. The van der Waals surface area contributed by atoms with Crippen molar-refractivity contribution in [1.82, 2.24) is 0 Å². The van der Waals surface area contributed by atoms with E-state index in [0.717, 1.165) is 6.26 Å². The molecule has 0 amide bonds. The molecule has 6 heteroatoms. The van der Waals surface area contributed by atoms with Crippen molar-refractivity contribution in [1.29, 1.82) is 0 Å². The van der Waals surface area contributed by atoms with E-state index in [2.05, 4.69) is 4.18 Å². The molecule has 0 aliphatic rings. The van der Waals surface area contributed by atoms with Gasteiger partial charge in [0, 0.05) is 6.61 Å². The Labute approximate surface area is 101 Å². The molecule has 1 aromatic rings. The highest BCUT2D eigenvalue weighted by molar-refractivity contribution is 7.85. The molecule has 0 heterocycles. The summed E-state index contributed by atoms with van der Waals surface area (Å²) >= 11 is 0. The Morgan fingerprint density at radius 3 is 2.24 bits per heavy atom. The van der Waals surface area contributed by atoms with Gasteiger partial charge in [-0.3, -0.25) is 4.18 Å². The van der Waals surface area contributed by atoms with Crippen molar-refractivity contribution in [2.75, 3.05) is 19.5 Å². The molecule has 1 N–H and O–H groups in total. The summed E-state index contributed by atoms with van der Waals surface area (Å²) in [6.45, 7) is 1.46. The van der Waals surface area contributed by atoms with E-state index in [0.29, 0.717) is 5.56 Å². The fourth-order valence-electron chi connectivity index (χ4n) is 0.941. The second-order valence-corrected chi connectivity index (χ2v) is 4.83. The monoisotopic (exact) mass is 264 g/mol. The van der Waals surface area contributed by atoms with Crippen molar-refractivity contribution in [3.8, 4) is 0 Å². The fraction of sp³-hybridized carbons (Fsp3) is 0.455. The normalized spacial score (nSPS) is 12.5. The quantitative estimate of drug-likeness (QED) is 0.840. The lowest BCUT2D eigenvalue weighted by Crippen LogP contribution is -2.08. The van der Waals surface area contributed by atoms with Crippen LogP contribution in [0.3, 0.4) is 0 Å². The van der Waals surface area contributed by atoms with Crippen LogP contribution in [0.2, 0.25) is 0 Å². The van der Waals surface area contributed by atoms with E-state index in [1.807, 2.05) is 0 Å². The molecular formula is C11H17FO4S. The summed E-state index contributed by atoms with van der Waals surface area (Å²) in [5.74, 6) is 0. The Morgan fingerprint density at radius 2 is 1.82 bits per heavy atom. The molecule has 0 radical (unpaired) electrons. The number of alkyl halides is 1. The summed E-state index contributed by atoms with van der Waals surface area (Å²) in [6, 6.07) is 8.28. The molecule has 0 bridgehead atoms. The maximum atomic E-state index is 13.3. The lowest BCUT2D eigenvalue weighted by atomic mass is 10.1. The van der Waals surface area contributed by atoms with Crippen LogP contribution in [-0.2, 0) is 14.3 Å². The average molecular weight is 264 g/mol. The van der Waals surface area contributed by atoms with Gasteiger partial charge in [-0.1, -0.05) is 30.3 Å². The summed E-state index contributed by atoms with van der Waals surface area (Å²) in [6.07, 6.45) is -0.518. The van der Waals surface area contributed by atoms with Crippen LogP contribution in [0.1, 0.15) is 18.7 Å². The third-order valence-corrected chi connectivity index (χ3v) is 2.15. The van der Waals surface area contributed by atoms with Gasteiger partial charge in [0.2, 0.25) is 0 Å². The molecule has 1 aromatic carbocycles. The number of hydrogen-bond donors (Lipinski definition) is 1. The molecular weight excluding hydrogens is 247 g/mol. The molecule has 1 rings (SSSR count). The number of aliphatic hydroxyl groups excluding tert-OH is 1. The minimum atomic E-state index is -3.57. The van der Waals surface area contributed by atoms with Gasteiger partial charge < -0.3 is 5.11 Å². The third kappa shape index (κ3) is 8.79. The second kappa shape index (κ2) is 8.16. The molecule has 0 saturated carbocycles. The predicted octanol–water partition coefficient (Wildman–Crippen LogP) is 1.67. The SMILES string of the molecule is CCO.CS(=O)(=O)OCC(F)c1ccccc1. The van der Waals surface area contributed by atoms with Gasteiger partial charge in [0.05, 0.1) is 6.26 Å². The van der Waals surface area contributed by atoms with Gasteiger partial charge in [0.1, 0.15) is 12.8 Å². The zero-order chi connectivity index (χ0) is 13.3. The van der Waals surface area contributed by atoms with E-state index in [-0.39, 0.29) is 6.61 Å². The fourth-order valence-corrected chi connectivity index (χ4v) is 1.31. The molecule has 1 unspecified atom stereocenters. The van der Waals surface area contributed by atoms with E-state index >= 15 is 0 Å². The summed E-state index contributed by atoms with van der Waals surface area (Å²) in [5, 5.41) is 7.57. The molecule has 0 fully saturated rings. The first-order valence-electron chi connectivity index (χ1n) is 5.05. The minimum Gasteiger partial charge on any atom is -0.397 e. The van der Waals surface area contributed by atoms with Crippen molar-refractivity contribution in [2.45, 2.75) is 13.1 Å². The van der Waals surface area contributed by atoms with E-state index in [9.17, 15) is 12.8 Å². The molecule has 98 valence electrons. The van der Waals surface area contributed by atoms with Crippen LogP contribution in [0, 0.1) is 0 Å². The highest BCUT2D eigenvalue weighted by atomic mass is 32.2. The van der Waals surface area contributed by atoms with Crippen LogP contribution in [0.5, 0.6) is 0 Å². The largest absolute Gasteiger partial charge is 0.397 e. The Bertz CT molecular complexity index is 391. The van der Waals surface area contributed by atoms with Crippen molar-refractivity contribution < 1.29 is 22.1 Å². The van der Waals surface area contributed by atoms with Crippen LogP contribution >= 0.6 is 0 Å². The summed E-state index contributed by atoms with van der Waals surface area (Å²) < 4.78 is 38.8. The van der Waals surface area contributed by atoms with Gasteiger partial charge >= 0.3 is 0 Å². The number of aliphatic hydroxyl groups is 1. The summed E-state index contributed by atoms with van der Waals surface area (Å²) in [4.78, 5) is 0. The smallest absolute Gasteiger partial charge is 0.264 e. The zero-order valence-corrected chi connectivity index (χ0v) is 10.7. The Morgan fingerprint density at radius 1 is 1.35 bits per heavy atom. The highest BCUT2D eigenvalue weighted by Gasteiger charge is 2.12. The first-order chi connectivity index (χ1) is 7.90. The Kier molecular flexibility index (Phi) is 7.69. The number of hydrogen-bond acceptors (Lipinski definition) is 4. The van der Waals surface area contributed by atoms with Gasteiger partial charge in [0.25, 0.3) is 10.1 Å². The van der Waals surface area contributed by atoms with Crippen molar-refractivity contribution in [3.05, 3.63) is 35.9 Å². The lowest BCUT2D eigenvalue weighted by Gasteiger charge is -2.07. The van der Waals surface area contributed by atoms with Gasteiger partial charge in [0.15, 0.2) is 0 Å². The van der Waals surface area contributed by atoms with Crippen LogP contribution in [0.25, 0.3) is 0 Å². The number of halogens is 1. The molecule has 0 aromatic heterocycles. The topological polar surface area (TPSA) is 63.6 Å². The predicted molar refractivity (Wildman–Crippen MR) is 63.8 cm³/mol. The highest BCUT2D eigenvalue weighted by Crippen LogP contribution is 2.17. The van der Waals surface area contributed by atoms with Crippen LogP contribution in [-0.4, -0.2) is 33.0 Å². The van der Waals surface area contributed by atoms with E-state index in [1.54, 1.807) is 37.3 Å². The van der Waals surface area contributed by atoms with E-state index in [4.69, 9.17) is 5.11 Å². The molecule has 17 heavy (non-hydrogen) atoms. The minimum absolute atomic E-state index is 0.250. The van der Waals surface area contributed by atoms with E-state index < -0.39 is 22.9 Å². The first-order valence-corrected chi connectivity index (χ1v) is 6.86. The van der Waals surface area contributed by atoms with Crippen molar-refractivity contribution in [3.63, 3.8) is 0 Å². The van der Waals surface area contributed by atoms with Crippen LogP contribution in [0.15, 0.2) is 30.3 Å². The second-order valence-electron chi connectivity index (χ2n) is 3.18. The van der Waals surface area contributed by atoms with Gasteiger partial charge in [-0.25, -0.2) is 4.39 Å². The van der Waals surface area contributed by atoms with Crippen molar-refractivity contribution >= 4 is 10.1 Å². The average Bonchev–Trinajstić information content (AvgIpc) is 2.27. The Balaban J connectivity index is 0.000000770. The van der Waals surface area contributed by atoms with E-state index in [1.165, 1.54) is 0 Å². The number of rotatable bonds is 4. The standard InChI is InChI=1S/C9H11FO3S.C2H6O/c1-14(11,12)13-7-9(10)8-5-3-2-4-6-8;1-2-3/h2-6,9H,7H2,1H3;3H,2H2,1H3. The van der Waals surface area contributed by atoms with Crippen molar-refractivity contribution in [2.24, 2.45) is 0 Å². The number of benzene rings is 1.